The van der Waals surface area contributed by atoms with Crippen molar-refractivity contribution < 1.29 is 22.3 Å². The van der Waals surface area contributed by atoms with Crippen LogP contribution in [-0.2, 0) is 0 Å². The van der Waals surface area contributed by atoms with Gasteiger partial charge in [0.25, 0.3) is 0 Å². The summed E-state index contributed by atoms with van der Waals surface area (Å²) in [6.45, 7) is 0. The standard InChI is InChI=1S/C7H6BF4O/c1-13-7-5(11)3(9)2(8)4(10)6(7)12/h1,8H3/q-1. The molecule has 0 saturated heterocycles. The van der Waals surface area contributed by atoms with Crippen LogP contribution >= 0.6 is 0 Å². The van der Waals surface area contributed by atoms with Crippen molar-refractivity contribution in [3.63, 3.8) is 0 Å². The maximum Gasteiger partial charge on any atom is 0.200 e. The molecule has 0 atom stereocenters. The molecule has 13 heavy (non-hydrogen) atoms. The van der Waals surface area contributed by atoms with Crippen molar-refractivity contribution in [1.82, 2.24) is 0 Å². The maximum atomic E-state index is 12.8. The molecule has 0 aliphatic rings. The lowest BCUT2D eigenvalue weighted by Gasteiger charge is -2.10. The van der Waals surface area contributed by atoms with E-state index >= 15 is 0 Å². The van der Waals surface area contributed by atoms with Gasteiger partial charge >= 0.3 is 0 Å². The van der Waals surface area contributed by atoms with E-state index in [1.54, 1.807) is 0 Å². The predicted molar refractivity (Wildman–Crippen MR) is 42.4 cm³/mol. The molecule has 0 radical (unpaired) electrons. The van der Waals surface area contributed by atoms with Crippen molar-refractivity contribution in [1.29, 1.82) is 0 Å². The van der Waals surface area contributed by atoms with Gasteiger partial charge in [-0.15, -0.1) is 5.46 Å². The molecule has 0 amide bonds. The molecule has 1 aromatic rings. The fourth-order valence-corrected chi connectivity index (χ4v) is 0.681. The van der Waals surface area contributed by atoms with E-state index in [0.717, 1.165) is 7.11 Å². The second-order valence-corrected chi connectivity index (χ2v) is 1.91. The molecule has 0 bridgehead atoms. The van der Waals surface area contributed by atoms with Crippen LogP contribution in [0.2, 0.25) is 0 Å². The largest absolute Gasteiger partial charge is 0.491 e. The highest BCUT2D eigenvalue weighted by Crippen LogP contribution is 2.24. The van der Waals surface area contributed by atoms with Crippen molar-refractivity contribution in [2.24, 2.45) is 0 Å². The minimum Gasteiger partial charge on any atom is -0.491 e. The van der Waals surface area contributed by atoms with Crippen LogP contribution in [0.5, 0.6) is 5.75 Å². The highest BCUT2D eigenvalue weighted by atomic mass is 19.2. The van der Waals surface area contributed by atoms with Crippen LogP contribution in [-0.4, -0.2) is 15.0 Å². The summed E-state index contributed by atoms with van der Waals surface area (Å²) in [5.74, 6) is -6.55. The lowest BCUT2D eigenvalue weighted by atomic mass is 9.94. The zero-order valence-corrected chi connectivity index (χ0v) is 5.92. The van der Waals surface area contributed by atoms with Crippen LogP contribution in [0.4, 0.5) is 17.6 Å². The SMILES string of the molecule is [BH3-]c1c(F)c(F)c(OC)c(F)c1F. The fraction of sp³-hybridized carbons (Fsp3) is 0.143. The Morgan fingerprint density at radius 1 is 0.923 bits per heavy atom. The van der Waals surface area contributed by atoms with E-state index < -0.39 is 42.3 Å². The summed E-state index contributed by atoms with van der Waals surface area (Å²) < 4.78 is 55.5. The summed E-state index contributed by atoms with van der Waals surface area (Å²) in [6, 6.07) is 0. The average Bonchev–Trinajstić information content (AvgIpc) is 2.13. The van der Waals surface area contributed by atoms with Crippen molar-refractivity contribution in [2.75, 3.05) is 7.11 Å². The quantitative estimate of drug-likeness (QED) is 0.352. The summed E-state index contributed by atoms with van der Waals surface area (Å²) in [4.78, 5) is 0. The highest BCUT2D eigenvalue weighted by molar-refractivity contribution is 6.32. The Kier molecular flexibility index (Phi) is 2.49. The monoisotopic (exact) mass is 193 g/mol. The van der Waals surface area contributed by atoms with Crippen LogP contribution in [0.3, 0.4) is 0 Å². The lowest BCUT2D eigenvalue weighted by Crippen LogP contribution is -2.19. The first-order valence-electron chi connectivity index (χ1n) is 2.87. The van der Waals surface area contributed by atoms with Gasteiger partial charge < -0.3 is 4.74 Å². The van der Waals surface area contributed by atoms with Crippen LogP contribution in [0.25, 0.3) is 0 Å². The molecule has 72 valence electrons. The summed E-state index contributed by atoms with van der Waals surface area (Å²) in [5.41, 5.74) is -0.448. The number of methoxy groups -OCH3 is 1. The number of ether oxygens (including phenoxy) is 1. The van der Waals surface area contributed by atoms with Crippen LogP contribution < -0.4 is 10.2 Å². The van der Waals surface area contributed by atoms with Crippen molar-refractivity contribution in [2.45, 2.75) is 0 Å². The number of hydrogen-bond acceptors (Lipinski definition) is 1. The van der Waals surface area contributed by atoms with Gasteiger partial charge in [-0.2, -0.15) is 8.78 Å². The Balaban J connectivity index is 3.56. The third-order valence-electron chi connectivity index (χ3n) is 1.21. The molecule has 0 heterocycles. The summed E-state index contributed by atoms with van der Waals surface area (Å²) in [7, 11) is -0.00296. The normalized spacial score (nSPS) is 10.3. The Labute approximate surface area is 72.7 Å². The van der Waals surface area contributed by atoms with E-state index in [4.69, 9.17) is 0 Å². The molecule has 0 N–H and O–H groups in total. The van der Waals surface area contributed by atoms with Gasteiger partial charge in [0.2, 0.25) is 11.6 Å². The van der Waals surface area contributed by atoms with Crippen LogP contribution in [0, 0.1) is 23.3 Å². The topological polar surface area (TPSA) is 9.23 Å². The van der Waals surface area contributed by atoms with Crippen LogP contribution in [0.1, 0.15) is 0 Å². The number of benzene rings is 1. The molecule has 1 nitrogen and oxygen atoms in total. The zero-order valence-electron chi connectivity index (χ0n) is 5.92. The number of halogens is 4. The van der Waals surface area contributed by atoms with E-state index in [1.807, 2.05) is 0 Å². The molecule has 0 aromatic heterocycles. The Hall–Kier alpha value is -1.20. The molecule has 1 aromatic carbocycles. The third-order valence-corrected chi connectivity index (χ3v) is 1.21. The van der Waals surface area contributed by atoms with E-state index in [1.165, 1.54) is 0 Å². The number of hydrogen-bond donors (Lipinski definition) is 0. The van der Waals surface area contributed by atoms with Gasteiger partial charge in [-0.1, -0.05) is 0 Å². The number of rotatable bonds is 1. The second-order valence-electron chi connectivity index (χ2n) is 1.91. The molecular formula is C7H6BF4O-. The van der Waals surface area contributed by atoms with Gasteiger partial charge in [-0.25, -0.2) is 8.78 Å². The average molecular weight is 193 g/mol. The predicted octanol–water partition coefficient (Wildman–Crippen LogP) is 0.242. The van der Waals surface area contributed by atoms with Crippen molar-refractivity contribution in [3.8, 4) is 5.75 Å². The molecule has 6 heteroatoms. The molecule has 0 aliphatic carbocycles. The highest BCUT2D eigenvalue weighted by Gasteiger charge is 2.20. The minimum absolute atomic E-state index is 0.448. The summed E-state index contributed by atoms with van der Waals surface area (Å²) in [5, 5.41) is 0. The first-order chi connectivity index (χ1) is 6.00. The molecule has 0 fully saturated rings. The van der Waals surface area contributed by atoms with E-state index in [-0.39, 0.29) is 0 Å². The fourth-order valence-electron chi connectivity index (χ4n) is 0.681. The molecule has 1 rings (SSSR count). The van der Waals surface area contributed by atoms with Crippen LogP contribution in [0.15, 0.2) is 0 Å². The van der Waals surface area contributed by atoms with E-state index in [9.17, 15) is 17.6 Å². The summed E-state index contributed by atoms with van der Waals surface area (Å²) >= 11 is 0. The lowest BCUT2D eigenvalue weighted by molar-refractivity contribution is 0.335. The van der Waals surface area contributed by atoms with Crippen molar-refractivity contribution >= 4 is 13.3 Å². The zero-order chi connectivity index (χ0) is 10.2. The Morgan fingerprint density at radius 2 is 1.31 bits per heavy atom. The first-order valence-corrected chi connectivity index (χ1v) is 2.87. The van der Waals surface area contributed by atoms with Crippen molar-refractivity contribution in [3.05, 3.63) is 23.3 Å². The molecular weight excluding hydrogens is 187 g/mol. The third kappa shape index (κ3) is 1.36. The van der Waals surface area contributed by atoms with Gasteiger partial charge in [-0.05, 0) is 7.85 Å². The van der Waals surface area contributed by atoms with E-state index in [0.29, 0.717) is 0 Å². The Bertz CT molecular complexity index is 324. The second kappa shape index (κ2) is 3.28. The van der Waals surface area contributed by atoms with Gasteiger partial charge in [0.1, 0.15) is 11.6 Å². The molecule has 0 saturated carbocycles. The van der Waals surface area contributed by atoms with E-state index in [2.05, 4.69) is 4.74 Å². The Morgan fingerprint density at radius 3 is 1.62 bits per heavy atom. The minimum atomic E-state index is -1.45. The molecule has 0 aliphatic heterocycles. The van der Waals surface area contributed by atoms with Gasteiger partial charge in [0.15, 0.2) is 5.75 Å². The first kappa shape index (κ1) is 9.89. The summed E-state index contributed by atoms with van der Waals surface area (Å²) in [6.07, 6.45) is 0. The van der Waals surface area contributed by atoms with Gasteiger partial charge in [-0.3, -0.25) is 0 Å². The van der Waals surface area contributed by atoms with Gasteiger partial charge in [0.05, 0.1) is 7.11 Å². The smallest absolute Gasteiger partial charge is 0.200 e. The van der Waals surface area contributed by atoms with Gasteiger partial charge in [0, 0.05) is 0 Å². The maximum absolute atomic E-state index is 12.8. The molecule has 0 unspecified atom stereocenters. The molecule has 0 spiro atoms.